The van der Waals surface area contributed by atoms with Crippen molar-refractivity contribution in [1.29, 1.82) is 0 Å². The molecule has 6 N–H and O–H groups in total. The highest BCUT2D eigenvalue weighted by molar-refractivity contribution is 9.10. The number of H-pyrrole nitrogens is 1. The van der Waals surface area contributed by atoms with Crippen molar-refractivity contribution in [3.63, 3.8) is 0 Å². The number of alkyl halides is 3. The van der Waals surface area contributed by atoms with Gasteiger partial charge in [0.05, 0.1) is 5.56 Å². The number of hydrogen-bond donors (Lipinski definition) is 5. The summed E-state index contributed by atoms with van der Waals surface area (Å²) < 4.78 is 39.0. The van der Waals surface area contributed by atoms with E-state index in [0.717, 1.165) is 6.07 Å². The van der Waals surface area contributed by atoms with Gasteiger partial charge in [0.1, 0.15) is 22.7 Å². The molecular formula is C14H8BrF3N2O6. The highest BCUT2D eigenvalue weighted by Gasteiger charge is 2.37. The van der Waals surface area contributed by atoms with E-state index >= 15 is 0 Å². The van der Waals surface area contributed by atoms with Crippen LogP contribution < -0.4 is 11.3 Å². The van der Waals surface area contributed by atoms with Gasteiger partial charge in [-0.3, -0.25) is 4.79 Å². The van der Waals surface area contributed by atoms with Gasteiger partial charge in [-0.05, 0) is 12.1 Å². The number of hydrogen-bond acceptors (Lipinski definition) is 5. The van der Waals surface area contributed by atoms with Gasteiger partial charge in [-0.25, -0.2) is 9.59 Å². The lowest BCUT2D eigenvalue weighted by molar-refractivity contribution is -0.138. The molecule has 26 heavy (non-hydrogen) atoms. The predicted octanol–water partition coefficient (Wildman–Crippen LogP) is 2.51. The average Bonchev–Trinajstić information content (AvgIpc) is 2.46. The number of aromatic nitrogens is 1. The van der Waals surface area contributed by atoms with E-state index in [2.05, 4.69) is 15.9 Å². The Morgan fingerprint density at radius 2 is 1.65 bits per heavy atom. The van der Waals surface area contributed by atoms with Crippen LogP contribution in [-0.4, -0.2) is 32.2 Å². The SMILES string of the molecule is Nc1[nH]c(=O)c(C(=O)O)c(-c2cc(Br)cc(C(F)(F)F)c2O)c1C(=O)O. The first-order valence-corrected chi connectivity index (χ1v) is 7.28. The van der Waals surface area contributed by atoms with E-state index in [1.165, 1.54) is 0 Å². The highest BCUT2D eigenvalue weighted by Crippen LogP contribution is 2.45. The summed E-state index contributed by atoms with van der Waals surface area (Å²) in [5.74, 6) is -5.97. The van der Waals surface area contributed by atoms with Gasteiger partial charge in [-0.15, -0.1) is 0 Å². The summed E-state index contributed by atoms with van der Waals surface area (Å²) in [7, 11) is 0. The molecule has 0 bridgehead atoms. The third-order valence-electron chi connectivity index (χ3n) is 3.32. The zero-order chi connectivity index (χ0) is 20.0. The van der Waals surface area contributed by atoms with Gasteiger partial charge < -0.3 is 26.0 Å². The number of phenols is 1. The minimum Gasteiger partial charge on any atom is -0.507 e. The maximum Gasteiger partial charge on any atom is 0.420 e. The zero-order valence-corrected chi connectivity index (χ0v) is 13.9. The van der Waals surface area contributed by atoms with E-state index < -0.39 is 63.1 Å². The molecule has 0 atom stereocenters. The summed E-state index contributed by atoms with van der Waals surface area (Å²) in [4.78, 5) is 36.6. The number of aromatic hydroxyl groups is 1. The van der Waals surface area contributed by atoms with Gasteiger partial charge in [0, 0.05) is 15.6 Å². The third kappa shape index (κ3) is 3.22. The first kappa shape index (κ1) is 19.3. The Hall–Kier alpha value is -3.02. The first-order chi connectivity index (χ1) is 11.9. The van der Waals surface area contributed by atoms with Crippen molar-refractivity contribution in [1.82, 2.24) is 4.98 Å². The minimum atomic E-state index is -5.04. The number of pyridine rings is 1. The number of rotatable bonds is 3. The van der Waals surface area contributed by atoms with E-state index in [0.29, 0.717) is 6.07 Å². The summed E-state index contributed by atoms with van der Waals surface area (Å²) in [5, 5.41) is 28.5. The normalized spacial score (nSPS) is 11.4. The number of carboxylic acids is 2. The smallest absolute Gasteiger partial charge is 0.420 e. The first-order valence-electron chi connectivity index (χ1n) is 6.48. The Morgan fingerprint density at radius 3 is 2.12 bits per heavy atom. The predicted molar refractivity (Wildman–Crippen MR) is 85.2 cm³/mol. The molecule has 1 aromatic heterocycles. The summed E-state index contributed by atoms with van der Waals surface area (Å²) in [5.41, 5.74) is -1.44. The summed E-state index contributed by atoms with van der Waals surface area (Å²) in [6.07, 6.45) is -5.04. The van der Waals surface area contributed by atoms with Gasteiger partial charge >= 0.3 is 18.1 Å². The van der Waals surface area contributed by atoms with Gasteiger partial charge in [0.15, 0.2) is 0 Å². The quantitative estimate of drug-likeness (QED) is 0.495. The van der Waals surface area contributed by atoms with Gasteiger partial charge in [0.2, 0.25) is 0 Å². The fourth-order valence-corrected chi connectivity index (χ4v) is 2.78. The molecule has 0 aliphatic rings. The maximum absolute atomic E-state index is 13.1. The van der Waals surface area contributed by atoms with Crippen molar-refractivity contribution in [3.05, 3.63) is 43.6 Å². The zero-order valence-electron chi connectivity index (χ0n) is 12.3. The third-order valence-corrected chi connectivity index (χ3v) is 3.78. The number of halogens is 4. The molecule has 8 nitrogen and oxygen atoms in total. The summed E-state index contributed by atoms with van der Waals surface area (Å²) >= 11 is 2.77. The molecule has 0 amide bonds. The number of nitrogens with one attached hydrogen (secondary N) is 1. The molecule has 0 radical (unpaired) electrons. The molecule has 138 valence electrons. The number of aromatic carboxylic acids is 2. The number of nitrogens with two attached hydrogens (primary N) is 1. The Labute approximate surface area is 149 Å². The van der Waals surface area contributed by atoms with Crippen LogP contribution >= 0.6 is 15.9 Å². The van der Waals surface area contributed by atoms with Gasteiger partial charge in [-0.2, -0.15) is 13.2 Å². The molecule has 0 saturated carbocycles. The largest absolute Gasteiger partial charge is 0.507 e. The van der Waals surface area contributed by atoms with Crippen molar-refractivity contribution >= 4 is 33.7 Å². The second-order valence-corrected chi connectivity index (χ2v) is 5.87. The maximum atomic E-state index is 13.1. The molecule has 2 rings (SSSR count). The summed E-state index contributed by atoms with van der Waals surface area (Å²) in [6, 6.07) is 1.36. The molecule has 0 saturated heterocycles. The standard InChI is InChI=1S/C14H8BrF3N2O6/c15-3-1-4(9(21)5(2-3)14(16,17)18)6-7(12(23)24)10(19)20-11(22)8(6)13(25)26/h1-2,21H,(H,23,24)(H,25,26)(H3,19,20,22). The molecular weight excluding hydrogens is 429 g/mol. The fraction of sp³-hybridized carbons (Fsp3) is 0.0714. The lowest BCUT2D eigenvalue weighted by Gasteiger charge is -2.17. The molecule has 2 aromatic rings. The fourth-order valence-electron chi connectivity index (χ4n) is 2.32. The van der Waals surface area contributed by atoms with Crippen LogP contribution in [0.1, 0.15) is 26.3 Å². The van der Waals surface area contributed by atoms with Crippen molar-refractivity contribution in [3.8, 4) is 16.9 Å². The number of carbonyl (C=O) groups is 2. The number of aromatic amines is 1. The van der Waals surface area contributed by atoms with Crippen LogP contribution in [-0.2, 0) is 6.18 Å². The van der Waals surface area contributed by atoms with Gasteiger partial charge in [-0.1, -0.05) is 15.9 Å². The highest BCUT2D eigenvalue weighted by atomic mass is 79.9. The molecule has 0 aliphatic heterocycles. The van der Waals surface area contributed by atoms with E-state index in [1.807, 2.05) is 0 Å². The average molecular weight is 437 g/mol. The van der Waals surface area contributed by atoms with Crippen LogP contribution in [0.15, 0.2) is 21.4 Å². The van der Waals surface area contributed by atoms with E-state index in [9.17, 15) is 42.9 Å². The van der Waals surface area contributed by atoms with Crippen LogP contribution in [0, 0.1) is 0 Å². The van der Waals surface area contributed by atoms with Gasteiger partial charge in [0.25, 0.3) is 5.56 Å². The molecule has 0 unspecified atom stereocenters. The molecule has 0 spiro atoms. The summed E-state index contributed by atoms with van der Waals surface area (Å²) in [6.45, 7) is 0. The van der Waals surface area contributed by atoms with E-state index in [1.54, 1.807) is 4.98 Å². The Balaban J connectivity index is 3.11. The number of carboxylic acid groups (broad SMARTS) is 2. The number of phenolic OH excluding ortho intramolecular Hbond substituents is 1. The Bertz CT molecular complexity index is 1000. The Morgan fingerprint density at radius 1 is 1.12 bits per heavy atom. The van der Waals surface area contributed by atoms with Crippen LogP contribution in [0.3, 0.4) is 0 Å². The molecule has 1 heterocycles. The van der Waals surface area contributed by atoms with E-state index in [4.69, 9.17) is 5.73 Å². The lowest BCUT2D eigenvalue weighted by atomic mass is 9.93. The molecule has 1 aromatic carbocycles. The molecule has 0 aliphatic carbocycles. The van der Waals surface area contributed by atoms with Crippen molar-refractivity contribution < 1.29 is 38.1 Å². The van der Waals surface area contributed by atoms with Crippen LogP contribution in [0.4, 0.5) is 19.0 Å². The molecule has 0 fully saturated rings. The minimum absolute atomic E-state index is 0.246. The second-order valence-electron chi connectivity index (χ2n) is 4.95. The van der Waals surface area contributed by atoms with Crippen molar-refractivity contribution in [2.45, 2.75) is 6.18 Å². The van der Waals surface area contributed by atoms with E-state index in [-0.39, 0.29) is 4.47 Å². The van der Waals surface area contributed by atoms with Crippen LogP contribution in [0.5, 0.6) is 5.75 Å². The van der Waals surface area contributed by atoms with Crippen molar-refractivity contribution in [2.24, 2.45) is 0 Å². The van der Waals surface area contributed by atoms with Crippen molar-refractivity contribution in [2.75, 3.05) is 5.73 Å². The van der Waals surface area contributed by atoms with Crippen LogP contribution in [0.2, 0.25) is 0 Å². The second kappa shape index (κ2) is 6.37. The molecule has 12 heteroatoms. The number of nitrogen functional groups attached to an aromatic ring is 1. The lowest BCUT2D eigenvalue weighted by Crippen LogP contribution is -2.24. The van der Waals surface area contributed by atoms with Crippen LogP contribution in [0.25, 0.3) is 11.1 Å². The topological polar surface area (TPSA) is 154 Å². The number of benzene rings is 1. The number of anilines is 1. The monoisotopic (exact) mass is 436 g/mol. The Kier molecular flexibility index (Phi) is 4.73.